The van der Waals surface area contributed by atoms with Crippen LogP contribution in [0.5, 0.6) is 5.75 Å². The minimum Gasteiger partial charge on any atom is -0.497 e. The van der Waals surface area contributed by atoms with Crippen LogP contribution in [0.15, 0.2) is 53.1 Å². The van der Waals surface area contributed by atoms with Gasteiger partial charge < -0.3 is 14.6 Å². The highest BCUT2D eigenvalue weighted by molar-refractivity contribution is 5.76. The molecular weight excluding hydrogens is 404 g/mol. The van der Waals surface area contributed by atoms with Crippen molar-refractivity contribution in [3.05, 3.63) is 65.5 Å². The number of nitrogens with zero attached hydrogens (tertiary/aromatic N) is 3. The summed E-state index contributed by atoms with van der Waals surface area (Å²) in [6.45, 7) is 4.71. The number of amides is 1. The van der Waals surface area contributed by atoms with E-state index in [4.69, 9.17) is 9.26 Å². The quantitative estimate of drug-likeness (QED) is 0.549. The van der Waals surface area contributed by atoms with Gasteiger partial charge in [-0.2, -0.15) is 4.98 Å². The van der Waals surface area contributed by atoms with Crippen molar-refractivity contribution in [2.24, 2.45) is 0 Å². The average Bonchev–Trinajstić information content (AvgIpc) is 3.51. The molecule has 2 heterocycles. The van der Waals surface area contributed by atoms with E-state index in [0.29, 0.717) is 31.1 Å². The summed E-state index contributed by atoms with van der Waals surface area (Å²) >= 11 is 0. The topological polar surface area (TPSA) is 80.5 Å². The molecule has 1 aromatic heterocycles. The standard InChI is InChI=1S/C25H30N4O3/c1-18-5-7-20(8-6-18)25-27-24(32-28-25)14-13-23(30)26-17-22(29-15-3-4-16-29)19-9-11-21(31-2)12-10-19/h5-12,22H,3-4,13-17H2,1-2H3,(H,26,30). The molecule has 4 rings (SSSR count). The molecule has 1 fully saturated rings. The van der Waals surface area contributed by atoms with Crippen molar-refractivity contribution in [1.82, 2.24) is 20.4 Å². The third kappa shape index (κ3) is 5.53. The van der Waals surface area contributed by atoms with Gasteiger partial charge in [0, 0.05) is 24.9 Å². The van der Waals surface area contributed by atoms with Gasteiger partial charge in [0.2, 0.25) is 17.6 Å². The molecule has 2 aromatic carbocycles. The first-order valence-corrected chi connectivity index (χ1v) is 11.2. The summed E-state index contributed by atoms with van der Waals surface area (Å²) < 4.78 is 10.6. The highest BCUT2D eigenvalue weighted by Crippen LogP contribution is 2.26. The predicted molar refractivity (Wildman–Crippen MR) is 122 cm³/mol. The second-order valence-corrected chi connectivity index (χ2v) is 8.21. The Balaban J connectivity index is 1.32. The molecule has 7 heteroatoms. The number of carbonyl (C=O) groups is 1. The van der Waals surface area contributed by atoms with Crippen molar-refractivity contribution >= 4 is 5.91 Å². The third-order valence-corrected chi connectivity index (χ3v) is 5.92. The lowest BCUT2D eigenvalue weighted by Gasteiger charge is -2.28. The Labute approximate surface area is 188 Å². The lowest BCUT2D eigenvalue weighted by Crippen LogP contribution is -2.36. The van der Waals surface area contributed by atoms with Gasteiger partial charge in [0.1, 0.15) is 5.75 Å². The number of nitrogens with one attached hydrogen (secondary N) is 1. The summed E-state index contributed by atoms with van der Waals surface area (Å²) in [6, 6.07) is 16.2. The minimum absolute atomic E-state index is 0.0159. The summed E-state index contributed by atoms with van der Waals surface area (Å²) in [6.07, 6.45) is 3.12. The fraction of sp³-hybridized carbons (Fsp3) is 0.400. The molecule has 0 bridgehead atoms. The Morgan fingerprint density at radius 2 is 1.84 bits per heavy atom. The first-order chi connectivity index (χ1) is 15.6. The van der Waals surface area contributed by atoms with E-state index in [1.54, 1.807) is 7.11 Å². The highest BCUT2D eigenvalue weighted by atomic mass is 16.5. The van der Waals surface area contributed by atoms with Gasteiger partial charge >= 0.3 is 0 Å². The molecule has 1 amide bonds. The Morgan fingerprint density at radius 1 is 1.12 bits per heavy atom. The molecule has 0 radical (unpaired) electrons. The van der Waals surface area contributed by atoms with Crippen molar-refractivity contribution in [3.8, 4) is 17.1 Å². The Hall–Kier alpha value is -3.19. The van der Waals surface area contributed by atoms with Crippen molar-refractivity contribution < 1.29 is 14.1 Å². The molecule has 1 aliphatic heterocycles. The van der Waals surface area contributed by atoms with Crippen molar-refractivity contribution in [3.63, 3.8) is 0 Å². The maximum absolute atomic E-state index is 12.5. The van der Waals surface area contributed by atoms with Crippen LogP contribution in [-0.2, 0) is 11.2 Å². The maximum atomic E-state index is 12.5. The van der Waals surface area contributed by atoms with E-state index in [0.717, 1.165) is 24.4 Å². The molecule has 1 atom stereocenters. The van der Waals surface area contributed by atoms with E-state index < -0.39 is 0 Å². The summed E-state index contributed by atoms with van der Waals surface area (Å²) in [7, 11) is 1.67. The predicted octanol–water partition coefficient (Wildman–Crippen LogP) is 3.94. The normalized spacial score (nSPS) is 14.9. The van der Waals surface area contributed by atoms with Crippen LogP contribution in [0.4, 0.5) is 0 Å². The van der Waals surface area contributed by atoms with Gasteiger partial charge in [0.05, 0.1) is 13.2 Å². The lowest BCUT2D eigenvalue weighted by atomic mass is 10.1. The molecule has 0 aliphatic carbocycles. The summed E-state index contributed by atoms with van der Waals surface area (Å²) in [5.74, 6) is 1.84. The van der Waals surface area contributed by atoms with Crippen LogP contribution < -0.4 is 10.1 Å². The molecule has 1 N–H and O–H groups in total. The molecule has 1 unspecified atom stereocenters. The van der Waals surface area contributed by atoms with Gasteiger partial charge in [-0.25, -0.2) is 0 Å². The summed E-state index contributed by atoms with van der Waals surface area (Å²) in [5, 5.41) is 7.14. The number of benzene rings is 2. The minimum atomic E-state index is -0.0159. The number of ether oxygens (including phenoxy) is 1. The van der Waals surface area contributed by atoms with Crippen LogP contribution in [0.1, 0.15) is 42.3 Å². The van der Waals surface area contributed by atoms with E-state index in [-0.39, 0.29) is 11.9 Å². The molecule has 7 nitrogen and oxygen atoms in total. The summed E-state index contributed by atoms with van der Waals surface area (Å²) in [5.41, 5.74) is 3.27. The fourth-order valence-corrected chi connectivity index (χ4v) is 4.03. The number of aromatic nitrogens is 2. The number of methoxy groups -OCH3 is 1. The van der Waals surface area contributed by atoms with Crippen LogP contribution in [-0.4, -0.2) is 47.7 Å². The molecule has 1 saturated heterocycles. The van der Waals surface area contributed by atoms with Crippen LogP contribution >= 0.6 is 0 Å². The molecule has 1 aliphatic rings. The highest BCUT2D eigenvalue weighted by Gasteiger charge is 2.24. The molecule has 3 aromatic rings. The van der Waals surface area contributed by atoms with E-state index in [1.165, 1.54) is 24.0 Å². The lowest BCUT2D eigenvalue weighted by molar-refractivity contribution is -0.121. The maximum Gasteiger partial charge on any atom is 0.227 e. The van der Waals surface area contributed by atoms with Crippen LogP contribution in [0.3, 0.4) is 0 Å². The zero-order valence-electron chi connectivity index (χ0n) is 18.7. The smallest absolute Gasteiger partial charge is 0.227 e. The van der Waals surface area contributed by atoms with Crippen LogP contribution in [0, 0.1) is 6.92 Å². The van der Waals surface area contributed by atoms with E-state index >= 15 is 0 Å². The number of hydrogen-bond acceptors (Lipinski definition) is 6. The Morgan fingerprint density at radius 3 is 2.53 bits per heavy atom. The van der Waals surface area contributed by atoms with Crippen LogP contribution in [0.25, 0.3) is 11.4 Å². The molecular formula is C25H30N4O3. The molecule has 168 valence electrons. The Kier molecular flexibility index (Phi) is 7.17. The number of aryl methyl sites for hydroxylation is 2. The zero-order valence-corrected chi connectivity index (χ0v) is 18.7. The van der Waals surface area contributed by atoms with Gasteiger partial charge in [0.15, 0.2) is 0 Å². The Bertz CT molecular complexity index is 1010. The van der Waals surface area contributed by atoms with E-state index in [9.17, 15) is 4.79 Å². The van der Waals surface area contributed by atoms with Crippen LogP contribution in [0.2, 0.25) is 0 Å². The van der Waals surface area contributed by atoms with Crippen molar-refractivity contribution in [2.45, 2.75) is 38.6 Å². The first-order valence-electron chi connectivity index (χ1n) is 11.2. The second kappa shape index (κ2) is 10.4. The summed E-state index contributed by atoms with van der Waals surface area (Å²) in [4.78, 5) is 19.4. The van der Waals surface area contributed by atoms with Crippen molar-refractivity contribution in [1.29, 1.82) is 0 Å². The van der Waals surface area contributed by atoms with Crippen molar-refractivity contribution in [2.75, 3.05) is 26.7 Å². The molecule has 32 heavy (non-hydrogen) atoms. The zero-order chi connectivity index (χ0) is 22.3. The molecule has 0 saturated carbocycles. The average molecular weight is 435 g/mol. The second-order valence-electron chi connectivity index (χ2n) is 8.21. The largest absolute Gasteiger partial charge is 0.497 e. The third-order valence-electron chi connectivity index (χ3n) is 5.92. The molecule has 0 spiro atoms. The number of hydrogen-bond donors (Lipinski definition) is 1. The van der Waals surface area contributed by atoms with Gasteiger partial charge in [-0.1, -0.05) is 47.1 Å². The van der Waals surface area contributed by atoms with Gasteiger partial charge in [-0.05, 0) is 50.6 Å². The van der Waals surface area contributed by atoms with Gasteiger partial charge in [-0.3, -0.25) is 9.69 Å². The number of carbonyl (C=O) groups excluding carboxylic acids is 1. The van der Waals surface area contributed by atoms with E-state index in [2.05, 4.69) is 32.5 Å². The van der Waals surface area contributed by atoms with Gasteiger partial charge in [0.25, 0.3) is 0 Å². The number of rotatable bonds is 9. The van der Waals surface area contributed by atoms with E-state index in [1.807, 2.05) is 43.3 Å². The van der Waals surface area contributed by atoms with Gasteiger partial charge in [-0.15, -0.1) is 0 Å². The SMILES string of the molecule is COc1ccc(C(CNC(=O)CCc2nc(-c3ccc(C)cc3)no2)N2CCCC2)cc1. The first kappa shape index (κ1) is 22.0. The fourth-order valence-electron chi connectivity index (χ4n) is 4.03. The number of likely N-dealkylation sites (tertiary alicyclic amines) is 1. The monoisotopic (exact) mass is 434 g/mol.